The van der Waals surface area contributed by atoms with Crippen LogP contribution in [0.4, 0.5) is 16.1 Å². The fourth-order valence-corrected chi connectivity index (χ4v) is 4.55. The largest absolute Gasteiger partial charge is 0.488 e. The summed E-state index contributed by atoms with van der Waals surface area (Å²) < 4.78 is 31.4. The molecule has 3 fully saturated rings. The number of nitrogens with one attached hydrogen (secondary N) is 1. The van der Waals surface area contributed by atoms with Crippen LogP contribution in [0.15, 0.2) is 29.0 Å². The first-order valence-electron chi connectivity index (χ1n) is 10.1. The molecule has 0 radical (unpaired) electrons. The van der Waals surface area contributed by atoms with E-state index in [4.69, 9.17) is 13.9 Å². The number of aromatic nitrogens is 2. The van der Waals surface area contributed by atoms with Crippen molar-refractivity contribution < 1.29 is 18.3 Å². The lowest BCUT2D eigenvalue weighted by Crippen LogP contribution is -2.62. The topological polar surface area (TPSA) is 72.7 Å². The number of hydrogen-bond acceptors (Lipinski definition) is 7. The molecule has 5 rings (SSSR count). The summed E-state index contributed by atoms with van der Waals surface area (Å²) in [6.07, 6.45) is 8.20. The number of hydrogen-bond donors (Lipinski definition) is 1. The van der Waals surface area contributed by atoms with E-state index in [0.29, 0.717) is 18.3 Å². The molecule has 3 heterocycles. The van der Waals surface area contributed by atoms with Crippen LogP contribution in [0.3, 0.4) is 0 Å². The van der Waals surface area contributed by atoms with E-state index in [1.165, 1.54) is 37.8 Å². The van der Waals surface area contributed by atoms with E-state index < -0.39 is 0 Å². The predicted octanol–water partition coefficient (Wildman–Crippen LogP) is 3.38. The van der Waals surface area contributed by atoms with Crippen molar-refractivity contribution in [2.24, 2.45) is 0 Å². The molecule has 1 spiro atoms. The minimum absolute atomic E-state index is 0.111. The Morgan fingerprint density at radius 3 is 2.86 bits per heavy atom. The van der Waals surface area contributed by atoms with Gasteiger partial charge < -0.3 is 24.1 Å². The monoisotopic (exact) mass is 388 g/mol. The highest BCUT2D eigenvalue weighted by Gasteiger charge is 2.51. The van der Waals surface area contributed by atoms with Crippen molar-refractivity contribution >= 4 is 11.7 Å². The minimum atomic E-state index is -0.265. The first kappa shape index (κ1) is 17.7. The number of nitrogens with zero attached hydrogens (tertiary/aromatic N) is 3. The highest BCUT2D eigenvalue weighted by Crippen LogP contribution is 2.39. The third-order valence-electron chi connectivity index (χ3n) is 5.93. The van der Waals surface area contributed by atoms with E-state index in [1.54, 1.807) is 6.07 Å². The van der Waals surface area contributed by atoms with E-state index in [9.17, 15) is 4.39 Å². The average molecular weight is 388 g/mol. The van der Waals surface area contributed by atoms with Crippen molar-refractivity contribution in [2.45, 2.75) is 56.3 Å². The van der Waals surface area contributed by atoms with E-state index in [0.717, 1.165) is 38.1 Å². The fraction of sp³-hybridized carbons (Fsp3) is 0.600. The zero-order valence-corrected chi connectivity index (χ0v) is 15.8. The zero-order valence-electron chi connectivity index (χ0n) is 15.8. The van der Waals surface area contributed by atoms with Gasteiger partial charge in [-0.15, -0.1) is 5.10 Å². The fourth-order valence-electron chi connectivity index (χ4n) is 4.55. The van der Waals surface area contributed by atoms with Gasteiger partial charge in [0.2, 0.25) is 6.39 Å². The van der Waals surface area contributed by atoms with Crippen LogP contribution in [-0.2, 0) is 4.74 Å². The molecular weight excluding hydrogens is 363 g/mol. The smallest absolute Gasteiger partial charge is 0.318 e. The van der Waals surface area contributed by atoms with Crippen molar-refractivity contribution in [3.8, 4) is 5.75 Å². The molecule has 2 saturated heterocycles. The lowest BCUT2D eigenvalue weighted by atomic mass is 9.90. The Balaban J connectivity index is 1.22. The number of anilines is 2. The van der Waals surface area contributed by atoms with Crippen molar-refractivity contribution in [3.05, 3.63) is 30.4 Å². The van der Waals surface area contributed by atoms with Crippen molar-refractivity contribution in [2.75, 3.05) is 29.9 Å². The molecule has 0 amide bonds. The highest BCUT2D eigenvalue weighted by atomic mass is 19.1. The van der Waals surface area contributed by atoms with E-state index >= 15 is 0 Å². The maximum atomic E-state index is 13.9. The van der Waals surface area contributed by atoms with Crippen LogP contribution in [0.1, 0.15) is 38.5 Å². The molecule has 1 aliphatic carbocycles. The minimum Gasteiger partial charge on any atom is -0.488 e. The average Bonchev–Trinajstić information content (AvgIpc) is 3.33. The van der Waals surface area contributed by atoms with Crippen LogP contribution in [0.2, 0.25) is 0 Å². The predicted molar refractivity (Wildman–Crippen MR) is 101 cm³/mol. The summed E-state index contributed by atoms with van der Waals surface area (Å²) >= 11 is 0. The van der Waals surface area contributed by atoms with Gasteiger partial charge in [-0.05, 0) is 37.8 Å². The van der Waals surface area contributed by atoms with Crippen molar-refractivity contribution in [3.63, 3.8) is 0 Å². The molecule has 1 N–H and O–H groups in total. The second-order valence-corrected chi connectivity index (χ2v) is 8.14. The summed E-state index contributed by atoms with van der Waals surface area (Å²) in [5, 5.41) is 11.1. The number of rotatable bonds is 5. The summed E-state index contributed by atoms with van der Waals surface area (Å²) in [7, 11) is 0. The molecule has 1 aromatic heterocycles. The summed E-state index contributed by atoms with van der Waals surface area (Å²) in [6.45, 7) is 2.03. The number of benzene rings is 1. The second-order valence-electron chi connectivity index (χ2n) is 8.14. The molecule has 1 saturated carbocycles. The third kappa shape index (κ3) is 3.53. The summed E-state index contributed by atoms with van der Waals surface area (Å²) in [6, 6.07) is 5.36. The quantitative estimate of drug-likeness (QED) is 0.842. The van der Waals surface area contributed by atoms with Gasteiger partial charge in [0.25, 0.3) is 0 Å². The van der Waals surface area contributed by atoms with Gasteiger partial charge in [-0.3, -0.25) is 0 Å². The van der Waals surface area contributed by atoms with Crippen LogP contribution in [0, 0.1) is 5.82 Å². The Morgan fingerprint density at radius 1 is 1.21 bits per heavy atom. The lowest BCUT2D eigenvalue weighted by Gasteiger charge is -2.45. The Bertz CT molecular complexity index is 804. The van der Waals surface area contributed by atoms with Gasteiger partial charge in [0, 0.05) is 12.5 Å². The normalized spacial score (nSPS) is 24.3. The Hall–Kier alpha value is -2.35. The zero-order chi connectivity index (χ0) is 19.0. The van der Waals surface area contributed by atoms with E-state index in [-0.39, 0.29) is 23.6 Å². The number of halogens is 1. The van der Waals surface area contributed by atoms with Crippen LogP contribution in [0.25, 0.3) is 0 Å². The van der Waals surface area contributed by atoms with Gasteiger partial charge in [0.05, 0.1) is 37.5 Å². The maximum absolute atomic E-state index is 13.9. The Morgan fingerprint density at radius 2 is 2.07 bits per heavy atom. The third-order valence-corrected chi connectivity index (χ3v) is 5.93. The molecule has 2 aliphatic heterocycles. The molecule has 1 atom stereocenters. The highest BCUT2D eigenvalue weighted by molar-refractivity contribution is 5.57. The molecule has 1 aromatic carbocycles. The molecule has 2 aromatic rings. The first-order valence-corrected chi connectivity index (χ1v) is 10.1. The van der Waals surface area contributed by atoms with Crippen molar-refractivity contribution in [1.29, 1.82) is 0 Å². The second kappa shape index (κ2) is 7.24. The van der Waals surface area contributed by atoms with Gasteiger partial charge in [0.1, 0.15) is 17.2 Å². The lowest BCUT2D eigenvalue weighted by molar-refractivity contribution is -0.0204. The van der Waals surface area contributed by atoms with Crippen LogP contribution >= 0.6 is 0 Å². The van der Waals surface area contributed by atoms with Gasteiger partial charge in [-0.2, -0.15) is 0 Å². The van der Waals surface area contributed by atoms with Gasteiger partial charge in [-0.25, -0.2) is 4.39 Å². The van der Waals surface area contributed by atoms with Gasteiger partial charge in [0.15, 0.2) is 0 Å². The van der Waals surface area contributed by atoms with E-state index in [2.05, 4.69) is 15.5 Å². The molecule has 150 valence electrons. The maximum Gasteiger partial charge on any atom is 0.318 e. The van der Waals surface area contributed by atoms with Gasteiger partial charge in [-0.1, -0.05) is 11.5 Å². The van der Waals surface area contributed by atoms with Gasteiger partial charge >= 0.3 is 6.01 Å². The molecular formula is C20H25FN4O3. The SMILES string of the molecule is Fc1ccc(OC2CCCCC2)c(N[C@@H]2COC3(C2)CN(c2nnco2)C3)c1. The van der Waals surface area contributed by atoms with E-state index in [1.807, 2.05) is 4.90 Å². The Labute approximate surface area is 163 Å². The molecule has 7 nitrogen and oxygen atoms in total. The molecule has 28 heavy (non-hydrogen) atoms. The first-order chi connectivity index (χ1) is 13.7. The molecule has 3 aliphatic rings. The molecule has 8 heteroatoms. The summed E-state index contributed by atoms with van der Waals surface area (Å²) in [5.41, 5.74) is 0.508. The van der Waals surface area contributed by atoms with Crippen LogP contribution < -0.4 is 15.0 Å². The Kier molecular flexibility index (Phi) is 4.58. The van der Waals surface area contributed by atoms with Crippen LogP contribution in [0.5, 0.6) is 5.75 Å². The van der Waals surface area contributed by atoms with Crippen molar-refractivity contribution in [1.82, 2.24) is 10.2 Å². The molecule has 0 unspecified atom stereocenters. The summed E-state index contributed by atoms with van der Waals surface area (Å²) in [4.78, 5) is 2.01. The van der Waals surface area contributed by atoms with Crippen LogP contribution in [-0.4, -0.2) is 47.6 Å². The summed E-state index contributed by atoms with van der Waals surface area (Å²) in [5.74, 6) is 0.466. The number of ether oxygens (including phenoxy) is 2. The standard InChI is InChI=1S/C20H25FN4O3/c21-14-6-7-18(28-16-4-2-1-3-5-16)17(8-14)23-15-9-20(27-10-15)11-25(12-20)19-24-22-13-26-19/h6-8,13,15-16,23H,1-5,9-12H2/t15-/m0/s1. The molecule has 0 bridgehead atoms.